The molecule has 1 aromatic heterocycles. The number of rotatable bonds is 9. The molecule has 0 bridgehead atoms. The second-order valence-corrected chi connectivity index (χ2v) is 7.71. The van der Waals surface area contributed by atoms with Crippen LogP contribution in [0, 0.1) is 6.92 Å². The summed E-state index contributed by atoms with van der Waals surface area (Å²) >= 11 is 1.34. The zero-order valence-corrected chi connectivity index (χ0v) is 17.9. The van der Waals surface area contributed by atoms with Gasteiger partial charge in [0.2, 0.25) is 11.8 Å². The third-order valence-electron chi connectivity index (χ3n) is 4.38. The Morgan fingerprint density at radius 3 is 2.43 bits per heavy atom. The van der Waals surface area contributed by atoms with Gasteiger partial charge >= 0.3 is 0 Å². The minimum absolute atomic E-state index is 0.0708. The summed E-state index contributed by atoms with van der Waals surface area (Å²) in [5, 5.41) is 14.9. The van der Waals surface area contributed by atoms with Gasteiger partial charge in [0.15, 0.2) is 5.16 Å². The van der Waals surface area contributed by atoms with Gasteiger partial charge in [0.05, 0.1) is 5.75 Å². The highest BCUT2D eigenvalue weighted by molar-refractivity contribution is 7.99. The first-order valence-electron chi connectivity index (χ1n) is 9.81. The summed E-state index contributed by atoms with van der Waals surface area (Å²) < 4.78 is 1.94. The number of thioether (sulfide) groups is 1. The predicted molar refractivity (Wildman–Crippen MR) is 120 cm³/mol. The standard InChI is InChI=1S/C22H25N5O2S/c1-3-27-19(12-13-20(28)23-17-9-5-4-6-10-17)25-26-22(27)30-15-21(29)24-18-11-7-8-16(2)14-18/h4-11,14H,3,12-13,15H2,1-2H3,(H,23,28)(H,24,29). The number of nitrogens with zero attached hydrogens (tertiary/aromatic N) is 3. The number of amides is 2. The van der Waals surface area contributed by atoms with Crippen molar-refractivity contribution in [2.75, 3.05) is 16.4 Å². The number of para-hydroxylation sites is 1. The van der Waals surface area contributed by atoms with Crippen LogP contribution in [0.15, 0.2) is 59.8 Å². The molecule has 8 heteroatoms. The molecule has 7 nitrogen and oxygen atoms in total. The molecule has 0 aliphatic rings. The summed E-state index contributed by atoms with van der Waals surface area (Å²) in [6, 6.07) is 17.0. The van der Waals surface area contributed by atoms with Crippen molar-refractivity contribution in [1.29, 1.82) is 0 Å². The van der Waals surface area contributed by atoms with Crippen molar-refractivity contribution >= 4 is 35.0 Å². The lowest BCUT2D eigenvalue weighted by Crippen LogP contribution is -2.15. The Morgan fingerprint density at radius 1 is 0.967 bits per heavy atom. The van der Waals surface area contributed by atoms with Crippen LogP contribution in [0.3, 0.4) is 0 Å². The van der Waals surface area contributed by atoms with Crippen molar-refractivity contribution in [3.8, 4) is 0 Å². The van der Waals surface area contributed by atoms with E-state index in [1.165, 1.54) is 11.8 Å². The Kier molecular flexibility index (Phi) is 7.62. The van der Waals surface area contributed by atoms with Crippen molar-refractivity contribution in [2.45, 2.75) is 38.4 Å². The second-order valence-electron chi connectivity index (χ2n) is 6.76. The van der Waals surface area contributed by atoms with Gasteiger partial charge in [-0.3, -0.25) is 9.59 Å². The molecule has 0 saturated carbocycles. The third kappa shape index (κ3) is 6.18. The largest absolute Gasteiger partial charge is 0.326 e. The molecule has 0 aliphatic carbocycles. The van der Waals surface area contributed by atoms with Gasteiger partial charge in [0.1, 0.15) is 5.82 Å². The Balaban J connectivity index is 1.52. The quantitative estimate of drug-likeness (QED) is 0.510. The molecule has 2 N–H and O–H groups in total. The number of anilines is 2. The van der Waals surface area contributed by atoms with Crippen molar-refractivity contribution in [3.63, 3.8) is 0 Å². The van der Waals surface area contributed by atoms with E-state index in [9.17, 15) is 9.59 Å². The monoisotopic (exact) mass is 423 g/mol. The van der Waals surface area contributed by atoms with Crippen molar-refractivity contribution in [1.82, 2.24) is 14.8 Å². The van der Waals surface area contributed by atoms with Gasteiger partial charge in [0, 0.05) is 30.8 Å². The van der Waals surface area contributed by atoms with Crippen LogP contribution in [0.1, 0.15) is 24.7 Å². The van der Waals surface area contributed by atoms with Gasteiger partial charge in [-0.2, -0.15) is 0 Å². The van der Waals surface area contributed by atoms with Crippen molar-refractivity contribution in [3.05, 3.63) is 66.0 Å². The first kappa shape index (κ1) is 21.6. The van der Waals surface area contributed by atoms with Crippen LogP contribution >= 0.6 is 11.8 Å². The average molecular weight is 424 g/mol. The number of aromatic nitrogens is 3. The summed E-state index contributed by atoms with van der Waals surface area (Å²) in [4.78, 5) is 24.4. The van der Waals surface area contributed by atoms with E-state index in [-0.39, 0.29) is 17.6 Å². The van der Waals surface area contributed by atoms with Crippen molar-refractivity contribution < 1.29 is 9.59 Å². The van der Waals surface area contributed by atoms with E-state index in [1.54, 1.807) is 0 Å². The van der Waals surface area contributed by atoms with Crippen LogP contribution in [-0.4, -0.2) is 32.3 Å². The molecule has 30 heavy (non-hydrogen) atoms. The van der Waals surface area contributed by atoms with Gasteiger partial charge in [-0.15, -0.1) is 10.2 Å². The summed E-state index contributed by atoms with van der Waals surface area (Å²) in [6.07, 6.45) is 0.793. The average Bonchev–Trinajstić information content (AvgIpc) is 3.13. The zero-order chi connectivity index (χ0) is 21.3. The molecule has 1 heterocycles. The molecule has 0 saturated heterocycles. The van der Waals surface area contributed by atoms with Gasteiger partial charge in [-0.25, -0.2) is 0 Å². The maximum atomic E-state index is 12.2. The van der Waals surface area contributed by atoms with Gasteiger partial charge in [-0.1, -0.05) is 42.1 Å². The van der Waals surface area contributed by atoms with Crippen LogP contribution in [0.25, 0.3) is 0 Å². The molecule has 0 unspecified atom stereocenters. The van der Waals surface area contributed by atoms with Crippen LogP contribution in [0.4, 0.5) is 11.4 Å². The molecule has 0 aliphatic heterocycles. The summed E-state index contributed by atoms with van der Waals surface area (Å²) in [5.41, 5.74) is 2.64. The first-order chi connectivity index (χ1) is 14.5. The molecule has 3 rings (SSSR count). The van der Waals surface area contributed by atoms with E-state index in [1.807, 2.05) is 73.0 Å². The second kappa shape index (κ2) is 10.6. The van der Waals surface area contributed by atoms with Gasteiger partial charge in [0.25, 0.3) is 0 Å². The minimum atomic E-state index is -0.0972. The van der Waals surface area contributed by atoms with Gasteiger partial charge < -0.3 is 15.2 Å². The Hall–Kier alpha value is -3.13. The van der Waals surface area contributed by atoms with E-state index in [2.05, 4.69) is 20.8 Å². The van der Waals surface area contributed by atoms with Crippen molar-refractivity contribution in [2.24, 2.45) is 0 Å². The van der Waals surface area contributed by atoms with Crippen LogP contribution < -0.4 is 10.6 Å². The van der Waals surface area contributed by atoms with E-state index in [4.69, 9.17) is 0 Å². The highest BCUT2D eigenvalue weighted by Crippen LogP contribution is 2.19. The topological polar surface area (TPSA) is 88.9 Å². The number of hydrogen-bond donors (Lipinski definition) is 2. The molecule has 0 spiro atoms. The fraction of sp³-hybridized carbons (Fsp3) is 0.273. The summed E-state index contributed by atoms with van der Waals surface area (Å²) in [6.45, 7) is 4.65. The highest BCUT2D eigenvalue weighted by Gasteiger charge is 2.14. The Morgan fingerprint density at radius 2 is 1.70 bits per heavy atom. The van der Waals surface area contributed by atoms with Crippen LogP contribution in [-0.2, 0) is 22.6 Å². The van der Waals surface area contributed by atoms with E-state index in [0.29, 0.717) is 24.5 Å². The lowest BCUT2D eigenvalue weighted by Gasteiger charge is -2.08. The molecule has 0 fully saturated rings. The molecule has 2 aromatic carbocycles. The number of benzene rings is 2. The third-order valence-corrected chi connectivity index (χ3v) is 5.34. The van der Waals surface area contributed by atoms with E-state index in [0.717, 1.165) is 22.8 Å². The van der Waals surface area contributed by atoms with E-state index >= 15 is 0 Å². The van der Waals surface area contributed by atoms with E-state index < -0.39 is 0 Å². The molecule has 0 radical (unpaired) electrons. The van der Waals surface area contributed by atoms with Gasteiger partial charge in [-0.05, 0) is 43.7 Å². The number of carbonyl (C=O) groups is 2. The maximum Gasteiger partial charge on any atom is 0.234 e. The Labute approximate surface area is 180 Å². The summed E-state index contributed by atoms with van der Waals surface area (Å²) in [7, 11) is 0. The summed E-state index contributed by atoms with van der Waals surface area (Å²) in [5.74, 6) is 0.807. The molecule has 3 aromatic rings. The fourth-order valence-corrected chi connectivity index (χ4v) is 3.77. The predicted octanol–water partition coefficient (Wildman–Crippen LogP) is 3.91. The molecule has 0 atom stereocenters. The lowest BCUT2D eigenvalue weighted by molar-refractivity contribution is -0.116. The number of nitrogens with one attached hydrogen (secondary N) is 2. The number of hydrogen-bond acceptors (Lipinski definition) is 5. The normalized spacial score (nSPS) is 10.6. The zero-order valence-electron chi connectivity index (χ0n) is 17.1. The SMILES string of the molecule is CCn1c(CCC(=O)Nc2ccccc2)nnc1SCC(=O)Nc1cccc(C)c1. The smallest absolute Gasteiger partial charge is 0.234 e. The first-order valence-corrected chi connectivity index (χ1v) is 10.8. The molecule has 156 valence electrons. The minimum Gasteiger partial charge on any atom is -0.326 e. The lowest BCUT2D eigenvalue weighted by atomic mass is 10.2. The fourth-order valence-electron chi connectivity index (χ4n) is 2.95. The maximum absolute atomic E-state index is 12.2. The number of carbonyl (C=O) groups excluding carboxylic acids is 2. The number of aryl methyl sites for hydroxylation is 2. The van der Waals surface area contributed by atoms with Crippen LogP contribution in [0.5, 0.6) is 0 Å². The molecular formula is C22H25N5O2S. The molecular weight excluding hydrogens is 398 g/mol. The highest BCUT2D eigenvalue weighted by atomic mass is 32.2. The van der Waals surface area contributed by atoms with Crippen LogP contribution in [0.2, 0.25) is 0 Å². The molecule has 2 amide bonds. The Bertz CT molecular complexity index is 1000.